The highest BCUT2D eigenvalue weighted by Crippen LogP contribution is 2.22. The molecule has 29 heavy (non-hydrogen) atoms. The molecular formula is C21H13Cl2N5O. The van der Waals surface area contributed by atoms with Crippen LogP contribution in [0.25, 0.3) is 22.5 Å². The minimum absolute atomic E-state index is 0.289. The Morgan fingerprint density at radius 2 is 1.45 bits per heavy atom. The fourth-order valence-electron chi connectivity index (χ4n) is 3.18. The second-order valence-electron chi connectivity index (χ2n) is 6.40. The highest BCUT2D eigenvalue weighted by Gasteiger charge is 2.16. The molecule has 0 fully saturated rings. The number of nitrogens with zero attached hydrogens (tertiary/aromatic N) is 4. The van der Waals surface area contributed by atoms with Crippen molar-refractivity contribution in [1.29, 1.82) is 0 Å². The number of fused-ring (bicyclic) bond motifs is 3. The Kier molecular flexibility index (Phi) is 4.23. The molecule has 0 radical (unpaired) electrons. The third-order valence-corrected chi connectivity index (χ3v) is 5.03. The van der Waals surface area contributed by atoms with Crippen LogP contribution in [0.15, 0.2) is 77.6 Å². The summed E-state index contributed by atoms with van der Waals surface area (Å²) >= 11 is 12.0. The number of halogens is 2. The summed E-state index contributed by atoms with van der Waals surface area (Å²) in [6.45, 7) is 0. The van der Waals surface area contributed by atoms with Crippen molar-refractivity contribution < 1.29 is 0 Å². The van der Waals surface area contributed by atoms with Crippen molar-refractivity contribution in [2.24, 2.45) is 0 Å². The van der Waals surface area contributed by atoms with Gasteiger partial charge in [-0.05, 0) is 60.7 Å². The number of para-hydroxylation sites is 2. The number of aromatic nitrogens is 4. The lowest BCUT2D eigenvalue weighted by atomic mass is 10.3. The number of anilines is 2. The first-order valence-corrected chi connectivity index (χ1v) is 9.54. The molecule has 0 bridgehead atoms. The minimum atomic E-state index is -0.289. The number of benzene rings is 3. The van der Waals surface area contributed by atoms with Crippen molar-refractivity contribution in [3.05, 3.63) is 93.3 Å². The van der Waals surface area contributed by atoms with Gasteiger partial charge in [0, 0.05) is 15.7 Å². The maximum atomic E-state index is 13.5. The van der Waals surface area contributed by atoms with Crippen LogP contribution in [0.1, 0.15) is 0 Å². The van der Waals surface area contributed by atoms with E-state index in [1.807, 2.05) is 36.4 Å². The van der Waals surface area contributed by atoms with E-state index in [0.717, 1.165) is 5.69 Å². The zero-order chi connectivity index (χ0) is 20.0. The van der Waals surface area contributed by atoms with Gasteiger partial charge in [-0.3, -0.25) is 0 Å². The minimum Gasteiger partial charge on any atom is -0.325 e. The van der Waals surface area contributed by atoms with Crippen LogP contribution in [0.3, 0.4) is 0 Å². The standard InChI is InChI=1S/C21H13Cl2N5O/c22-13-5-9-15(10-6-13)24-19-26-20-25-17-3-1-2-4-18(17)28(20)21(29)27(19)16-11-7-14(23)8-12-16/h1-12H,(H,24,25,26). The molecule has 8 heteroatoms. The molecule has 5 aromatic rings. The maximum absolute atomic E-state index is 13.5. The van der Waals surface area contributed by atoms with E-state index >= 15 is 0 Å². The molecule has 0 aliphatic carbocycles. The van der Waals surface area contributed by atoms with E-state index in [2.05, 4.69) is 15.3 Å². The van der Waals surface area contributed by atoms with E-state index in [-0.39, 0.29) is 5.69 Å². The van der Waals surface area contributed by atoms with Crippen molar-refractivity contribution in [3.63, 3.8) is 0 Å². The third kappa shape index (κ3) is 3.12. The van der Waals surface area contributed by atoms with Gasteiger partial charge in [-0.25, -0.2) is 18.7 Å². The lowest BCUT2D eigenvalue weighted by Gasteiger charge is -2.14. The molecule has 1 N–H and O–H groups in total. The zero-order valence-corrected chi connectivity index (χ0v) is 16.4. The van der Waals surface area contributed by atoms with Gasteiger partial charge in [-0.15, -0.1) is 0 Å². The number of imidazole rings is 1. The van der Waals surface area contributed by atoms with Gasteiger partial charge in [0.15, 0.2) is 0 Å². The van der Waals surface area contributed by atoms with Crippen LogP contribution in [0.2, 0.25) is 10.0 Å². The maximum Gasteiger partial charge on any atom is 0.343 e. The van der Waals surface area contributed by atoms with Gasteiger partial charge >= 0.3 is 5.69 Å². The Morgan fingerprint density at radius 3 is 2.17 bits per heavy atom. The first-order valence-electron chi connectivity index (χ1n) is 8.79. The number of nitrogens with one attached hydrogen (secondary N) is 1. The van der Waals surface area contributed by atoms with Crippen LogP contribution in [0.5, 0.6) is 0 Å². The highest BCUT2D eigenvalue weighted by molar-refractivity contribution is 6.30. The molecule has 0 aliphatic heterocycles. The molecule has 5 rings (SSSR count). The molecule has 2 heterocycles. The molecule has 0 amide bonds. The molecule has 0 atom stereocenters. The fraction of sp³-hybridized carbons (Fsp3) is 0. The second-order valence-corrected chi connectivity index (χ2v) is 7.27. The van der Waals surface area contributed by atoms with Gasteiger partial charge in [0.1, 0.15) is 0 Å². The molecule has 0 spiro atoms. The Hall–Kier alpha value is -3.35. The predicted octanol–water partition coefficient (Wildman–Crippen LogP) is 5.08. The summed E-state index contributed by atoms with van der Waals surface area (Å²) in [6.07, 6.45) is 0. The molecule has 0 saturated heterocycles. The lowest BCUT2D eigenvalue weighted by molar-refractivity contribution is 0.859. The second kappa shape index (κ2) is 6.92. The molecular weight excluding hydrogens is 409 g/mol. The molecule has 0 unspecified atom stereocenters. The number of hydrogen-bond acceptors (Lipinski definition) is 4. The SMILES string of the molecule is O=c1n(-c2ccc(Cl)cc2)c(Nc2ccc(Cl)cc2)nc2nc3ccccc3n12. The van der Waals surface area contributed by atoms with Gasteiger partial charge in [-0.2, -0.15) is 4.98 Å². The van der Waals surface area contributed by atoms with Crippen LogP contribution in [0, 0.1) is 0 Å². The van der Waals surface area contributed by atoms with E-state index in [1.54, 1.807) is 36.4 Å². The average molecular weight is 422 g/mol. The zero-order valence-electron chi connectivity index (χ0n) is 14.9. The van der Waals surface area contributed by atoms with Crippen molar-refractivity contribution in [1.82, 2.24) is 18.9 Å². The quantitative estimate of drug-likeness (QED) is 0.440. The van der Waals surface area contributed by atoms with Crippen LogP contribution < -0.4 is 11.0 Å². The summed E-state index contributed by atoms with van der Waals surface area (Å²) in [6, 6.07) is 21.6. The normalized spacial score (nSPS) is 11.2. The van der Waals surface area contributed by atoms with E-state index in [0.29, 0.717) is 38.5 Å². The van der Waals surface area contributed by atoms with Gasteiger partial charge in [0.2, 0.25) is 11.7 Å². The molecule has 6 nitrogen and oxygen atoms in total. The monoisotopic (exact) mass is 421 g/mol. The van der Waals surface area contributed by atoms with E-state index in [4.69, 9.17) is 23.2 Å². The fourth-order valence-corrected chi connectivity index (χ4v) is 3.43. The largest absolute Gasteiger partial charge is 0.343 e. The van der Waals surface area contributed by atoms with Gasteiger partial charge in [0.25, 0.3) is 0 Å². The number of rotatable bonds is 3. The van der Waals surface area contributed by atoms with Crippen molar-refractivity contribution in [3.8, 4) is 5.69 Å². The van der Waals surface area contributed by atoms with Crippen LogP contribution in [0.4, 0.5) is 11.6 Å². The van der Waals surface area contributed by atoms with Gasteiger partial charge in [-0.1, -0.05) is 35.3 Å². The summed E-state index contributed by atoms with van der Waals surface area (Å²) in [4.78, 5) is 22.6. The molecule has 0 saturated carbocycles. The van der Waals surface area contributed by atoms with Crippen LogP contribution >= 0.6 is 23.2 Å². The van der Waals surface area contributed by atoms with E-state index in [1.165, 1.54) is 8.97 Å². The first kappa shape index (κ1) is 17.7. The van der Waals surface area contributed by atoms with Gasteiger partial charge in [0.05, 0.1) is 16.7 Å². The smallest absolute Gasteiger partial charge is 0.325 e. The molecule has 142 valence electrons. The highest BCUT2D eigenvalue weighted by atomic mass is 35.5. The summed E-state index contributed by atoms with van der Waals surface area (Å²) in [7, 11) is 0. The van der Waals surface area contributed by atoms with E-state index in [9.17, 15) is 4.79 Å². The molecule has 3 aromatic carbocycles. The topological polar surface area (TPSA) is 64.2 Å². The summed E-state index contributed by atoms with van der Waals surface area (Å²) < 4.78 is 2.99. The summed E-state index contributed by atoms with van der Waals surface area (Å²) in [5.74, 6) is 0.653. The van der Waals surface area contributed by atoms with Crippen LogP contribution in [-0.4, -0.2) is 18.9 Å². The number of hydrogen-bond donors (Lipinski definition) is 1. The van der Waals surface area contributed by atoms with Crippen molar-refractivity contribution >= 4 is 51.6 Å². The van der Waals surface area contributed by atoms with E-state index < -0.39 is 0 Å². The Balaban J connectivity index is 1.80. The van der Waals surface area contributed by atoms with Crippen LogP contribution in [-0.2, 0) is 0 Å². The Labute approximate surface area is 175 Å². The summed E-state index contributed by atoms with van der Waals surface area (Å²) in [5, 5.41) is 4.40. The third-order valence-electron chi connectivity index (χ3n) is 4.53. The molecule has 2 aromatic heterocycles. The Morgan fingerprint density at radius 1 is 0.793 bits per heavy atom. The van der Waals surface area contributed by atoms with Crippen molar-refractivity contribution in [2.45, 2.75) is 0 Å². The average Bonchev–Trinajstić information content (AvgIpc) is 3.09. The first-order chi connectivity index (χ1) is 14.1. The van der Waals surface area contributed by atoms with Crippen molar-refractivity contribution in [2.75, 3.05) is 5.32 Å². The summed E-state index contributed by atoms with van der Waals surface area (Å²) in [5.41, 5.74) is 2.47. The predicted molar refractivity (Wildman–Crippen MR) is 116 cm³/mol. The van der Waals surface area contributed by atoms with Gasteiger partial charge < -0.3 is 5.32 Å². The molecule has 0 aliphatic rings. The Bertz CT molecular complexity index is 1410. The lowest BCUT2D eigenvalue weighted by Crippen LogP contribution is -2.28.